The molecule has 0 radical (unpaired) electrons. The number of thioether (sulfide) groups is 1. The van der Waals surface area contributed by atoms with Gasteiger partial charge in [0.25, 0.3) is 5.56 Å². The van der Waals surface area contributed by atoms with Gasteiger partial charge in [0.15, 0.2) is 5.16 Å². The van der Waals surface area contributed by atoms with Crippen LogP contribution >= 0.6 is 11.8 Å². The average molecular weight is 689 g/mol. The zero-order valence-corrected chi connectivity index (χ0v) is 28.6. The van der Waals surface area contributed by atoms with Crippen molar-refractivity contribution in [1.82, 2.24) is 25.1 Å². The average Bonchev–Trinajstić information content (AvgIpc) is 3.58. The molecule has 0 saturated carbocycles. The summed E-state index contributed by atoms with van der Waals surface area (Å²) in [4.78, 5) is 59.3. The molecule has 4 aromatic rings. The summed E-state index contributed by atoms with van der Waals surface area (Å²) in [5, 5.41) is 8.05. The summed E-state index contributed by atoms with van der Waals surface area (Å²) >= 11 is 1.27. The van der Waals surface area contributed by atoms with Gasteiger partial charge in [0, 0.05) is 51.6 Å². The van der Waals surface area contributed by atoms with Crippen LogP contribution in [0.3, 0.4) is 0 Å². The van der Waals surface area contributed by atoms with Gasteiger partial charge < -0.3 is 30.7 Å². The second-order valence-electron chi connectivity index (χ2n) is 11.8. The zero-order chi connectivity index (χ0) is 34.6. The van der Waals surface area contributed by atoms with Crippen molar-refractivity contribution in [3.8, 4) is 0 Å². The number of carbonyl (C=O) groups is 3. The van der Waals surface area contributed by atoms with Crippen molar-refractivity contribution < 1.29 is 23.9 Å². The van der Waals surface area contributed by atoms with E-state index in [2.05, 4.69) is 10.6 Å². The highest BCUT2D eigenvalue weighted by Crippen LogP contribution is 2.37. The molecular weight excluding hydrogens is 644 g/mol. The Balaban J connectivity index is 1.19. The number of benzene rings is 3. The fourth-order valence-corrected chi connectivity index (χ4v) is 7.02. The maximum atomic E-state index is 14.1. The summed E-state index contributed by atoms with van der Waals surface area (Å²) in [7, 11) is 0. The van der Waals surface area contributed by atoms with E-state index in [9.17, 15) is 19.2 Å². The number of fused-ring (bicyclic) bond motifs is 2. The first kappa shape index (κ1) is 36.0. The Hall–Kier alpha value is -4.30. The molecule has 3 aromatic carbocycles. The fraction of sp³-hybridized carbons (Fsp3) is 0.417. The summed E-state index contributed by atoms with van der Waals surface area (Å²) in [5.41, 5.74) is 6.61. The van der Waals surface area contributed by atoms with E-state index in [-0.39, 0.29) is 42.2 Å². The summed E-state index contributed by atoms with van der Waals surface area (Å²) < 4.78 is 12.2. The highest BCUT2D eigenvalue weighted by atomic mass is 32.2. The van der Waals surface area contributed by atoms with Crippen LogP contribution in [0.5, 0.6) is 0 Å². The van der Waals surface area contributed by atoms with Crippen molar-refractivity contribution in [2.75, 3.05) is 52.6 Å². The van der Waals surface area contributed by atoms with E-state index >= 15 is 0 Å². The first-order chi connectivity index (χ1) is 23.9. The Kier molecular flexibility index (Phi) is 13.2. The molecule has 5 rings (SSSR count). The van der Waals surface area contributed by atoms with Gasteiger partial charge in [0.1, 0.15) is 5.25 Å². The number of hydrogen-bond donors (Lipinski definition) is 3. The number of nitrogens with one attached hydrogen (secondary N) is 2. The number of carbonyl (C=O) groups excluding carboxylic acids is 3. The Morgan fingerprint density at radius 3 is 2.39 bits per heavy atom. The highest BCUT2D eigenvalue weighted by molar-refractivity contribution is 8.00. The molecule has 4 N–H and O–H groups in total. The lowest BCUT2D eigenvalue weighted by atomic mass is 10.1. The van der Waals surface area contributed by atoms with Crippen LogP contribution < -0.4 is 21.9 Å². The van der Waals surface area contributed by atoms with E-state index in [1.807, 2.05) is 73.7 Å². The molecule has 2 heterocycles. The number of ether oxygens (including phenoxy) is 2. The molecule has 12 nitrogen and oxygen atoms in total. The maximum Gasteiger partial charge on any atom is 0.262 e. The molecule has 3 amide bonds. The van der Waals surface area contributed by atoms with Gasteiger partial charge in [-0.05, 0) is 41.8 Å². The number of likely N-dealkylation sites (tertiary alicyclic amines) is 1. The van der Waals surface area contributed by atoms with Crippen molar-refractivity contribution in [3.63, 3.8) is 0 Å². The first-order valence-corrected chi connectivity index (χ1v) is 17.6. The first-order valence-electron chi connectivity index (χ1n) is 16.7. The minimum absolute atomic E-state index is 0.0457. The van der Waals surface area contributed by atoms with Gasteiger partial charge in [0.2, 0.25) is 17.7 Å². The number of aromatic nitrogens is 2. The van der Waals surface area contributed by atoms with E-state index in [0.717, 1.165) is 16.3 Å². The smallest absolute Gasteiger partial charge is 0.262 e. The molecule has 1 unspecified atom stereocenters. The van der Waals surface area contributed by atoms with E-state index in [1.165, 1.54) is 11.8 Å². The standard InChI is InChI=1S/C36H44N6O6S/c1-2-42-34(45)29-22-26-10-6-7-11-27(26)23-30(29)40-36(42)49-33(25-8-4-3-5-9-25)35(46)41-17-14-28(24-41)39-32(44)13-12-31(43)38-16-19-48-21-20-47-18-15-37/h3-11,22-23,28,33H,2,12-21,24,37H2,1H3,(H,38,43)(H,39,44)/t28-,33?/m0/s1. The molecule has 0 aliphatic carbocycles. The van der Waals surface area contributed by atoms with Crippen molar-refractivity contribution in [2.24, 2.45) is 5.73 Å². The van der Waals surface area contributed by atoms with Crippen LogP contribution in [0, 0.1) is 0 Å². The number of nitrogens with zero attached hydrogens (tertiary/aromatic N) is 3. The van der Waals surface area contributed by atoms with Crippen molar-refractivity contribution in [1.29, 1.82) is 0 Å². The molecule has 1 fully saturated rings. The van der Waals surface area contributed by atoms with Gasteiger partial charge in [-0.2, -0.15) is 0 Å². The zero-order valence-electron chi connectivity index (χ0n) is 27.8. The molecule has 13 heteroatoms. The molecule has 2 atom stereocenters. The normalized spacial score (nSPS) is 15.1. The van der Waals surface area contributed by atoms with Gasteiger partial charge in [-0.1, -0.05) is 66.4 Å². The fourth-order valence-electron chi connectivity index (χ4n) is 5.78. The van der Waals surface area contributed by atoms with E-state index in [1.54, 1.807) is 9.47 Å². The predicted molar refractivity (Wildman–Crippen MR) is 190 cm³/mol. The maximum absolute atomic E-state index is 14.1. The van der Waals surface area contributed by atoms with Crippen LogP contribution in [0.4, 0.5) is 0 Å². The lowest BCUT2D eigenvalue weighted by molar-refractivity contribution is -0.130. The van der Waals surface area contributed by atoms with Gasteiger partial charge in [-0.25, -0.2) is 4.98 Å². The monoisotopic (exact) mass is 688 g/mol. The van der Waals surface area contributed by atoms with Crippen LogP contribution in [-0.2, 0) is 30.4 Å². The number of amides is 3. The number of nitrogens with two attached hydrogens (primary N) is 1. The quantitative estimate of drug-likeness (QED) is 0.0657. The van der Waals surface area contributed by atoms with E-state index in [4.69, 9.17) is 20.2 Å². The van der Waals surface area contributed by atoms with Crippen molar-refractivity contribution in [2.45, 2.75) is 49.2 Å². The lowest BCUT2D eigenvalue weighted by Crippen LogP contribution is -2.40. The molecule has 1 aromatic heterocycles. The second kappa shape index (κ2) is 17.9. The SMILES string of the molecule is CCn1c(SC(C(=O)N2CC[C@H](NC(=O)CCC(=O)NCCOCCOCCN)C2)c2ccccc2)nc2cc3ccccc3cc2c1=O. The van der Waals surface area contributed by atoms with Crippen LogP contribution in [-0.4, -0.2) is 90.8 Å². The summed E-state index contributed by atoms with van der Waals surface area (Å²) in [6.45, 7) is 5.63. The topological polar surface area (TPSA) is 158 Å². The third-order valence-electron chi connectivity index (χ3n) is 8.30. The van der Waals surface area contributed by atoms with Crippen LogP contribution in [0.15, 0.2) is 76.7 Å². The molecule has 1 aliphatic rings. The molecule has 1 aliphatic heterocycles. The molecule has 0 bridgehead atoms. The summed E-state index contributed by atoms with van der Waals surface area (Å²) in [6.07, 6.45) is 0.703. The van der Waals surface area contributed by atoms with Gasteiger partial charge in [0.05, 0.1) is 37.3 Å². The van der Waals surface area contributed by atoms with Gasteiger partial charge in [-0.3, -0.25) is 23.7 Å². The molecule has 260 valence electrons. The summed E-state index contributed by atoms with van der Waals surface area (Å²) in [5.74, 6) is -0.585. The number of hydrogen-bond acceptors (Lipinski definition) is 9. The van der Waals surface area contributed by atoms with Crippen molar-refractivity contribution >= 4 is 51.2 Å². The largest absolute Gasteiger partial charge is 0.378 e. The minimum atomic E-state index is -0.649. The predicted octanol–water partition coefficient (Wildman–Crippen LogP) is 3.01. The number of rotatable bonds is 17. The third kappa shape index (κ3) is 9.66. The van der Waals surface area contributed by atoms with Gasteiger partial charge >= 0.3 is 0 Å². The Bertz CT molecular complexity index is 1800. The van der Waals surface area contributed by atoms with Crippen LogP contribution in [0.1, 0.15) is 37.0 Å². The molecule has 1 saturated heterocycles. The van der Waals surface area contributed by atoms with Crippen molar-refractivity contribution in [3.05, 3.63) is 82.6 Å². The minimum Gasteiger partial charge on any atom is -0.378 e. The Morgan fingerprint density at radius 1 is 0.959 bits per heavy atom. The lowest BCUT2D eigenvalue weighted by Gasteiger charge is -2.24. The molecule has 49 heavy (non-hydrogen) atoms. The summed E-state index contributed by atoms with van der Waals surface area (Å²) in [6, 6.07) is 20.9. The Labute approximate surface area is 289 Å². The third-order valence-corrected chi connectivity index (χ3v) is 9.53. The second-order valence-corrected chi connectivity index (χ2v) is 12.8. The van der Waals surface area contributed by atoms with Crippen LogP contribution in [0.2, 0.25) is 0 Å². The van der Waals surface area contributed by atoms with Gasteiger partial charge in [-0.15, -0.1) is 0 Å². The van der Waals surface area contributed by atoms with Crippen LogP contribution in [0.25, 0.3) is 21.7 Å². The Morgan fingerprint density at radius 2 is 1.65 bits per heavy atom. The molecule has 0 spiro atoms. The van der Waals surface area contributed by atoms with E-state index in [0.29, 0.717) is 81.6 Å². The van der Waals surface area contributed by atoms with E-state index < -0.39 is 5.25 Å². The molecular formula is C36H44N6O6S. The highest BCUT2D eigenvalue weighted by Gasteiger charge is 2.34.